The molecule has 0 spiro atoms. The van der Waals surface area contributed by atoms with Crippen molar-refractivity contribution in [1.82, 2.24) is 0 Å². The maximum atomic E-state index is 10.4. The van der Waals surface area contributed by atoms with E-state index in [1.807, 2.05) is 6.08 Å². The molecule has 0 bridgehead atoms. The minimum Gasteiger partial charge on any atom is -0.508 e. The van der Waals surface area contributed by atoms with Gasteiger partial charge in [-0.05, 0) is 42.7 Å². The summed E-state index contributed by atoms with van der Waals surface area (Å²) in [6, 6.07) is 4.88. The lowest BCUT2D eigenvalue weighted by Gasteiger charge is -2.04. The van der Waals surface area contributed by atoms with Gasteiger partial charge in [-0.25, -0.2) is 4.79 Å². The topological polar surface area (TPSA) is 77.8 Å². The van der Waals surface area contributed by atoms with Gasteiger partial charge in [-0.2, -0.15) is 0 Å². The number of phenols is 1. The molecule has 0 unspecified atom stereocenters. The third kappa shape index (κ3) is 4.43. The highest BCUT2D eigenvalue weighted by Gasteiger charge is 2.01. The summed E-state index contributed by atoms with van der Waals surface area (Å²) in [6.07, 6.45) is 4.82. The van der Waals surface area contributed by atoms with Crippen molar-refractivity contribution < 1.29 is 20.1 Å². The van der Waals surface area contributed by atoms with Crippen molar-refractivity contribution in [1.29, 1.82) is 0 Å². The first kappa shape index (κ1) is 14.0. The van der Waals surface area contributed by atoms with E-state index < -0.39 is 5.97 Å². The van der Waals surface area contributed by atoms with Crippen LogP contribution in [0.3, 0.4) is 0 Å². The fourth-order valence-corrected chi connectivity index (χ4v) is 1.39. The summed E-state index contributed by atoms with van der Waals surface area (Å²) in [6.45, 7) is 1.78. The third-order valence-electron chi connectivity index (χ3n) is 2.44. The van der Waals surface area contributed by atoms with Crippen LogP contribution in [-0.2, 0) is 11.2 Å². The summed E-state index contributed by atoms with van der Waals surface area (Å²) < 4.78 is 0. The number of carboxylic acid groups (broad SMARTS) is 1. The largest absolute Gasteiger partial charge is 0.508 e. The molecule has 0 fully saturated rings. The molecule has 4 heteroatoms. The molecular weight excluding hydrogens is 232 g/mol. The van der Waals surface area contributed by atoms with E-state index >= 15 is 0 Å². The van der Waals surface area contributed by atoms with Crippen molar-refractivity contribution in [2.45, 2.75) is 13.3 Å². The van der Waals surface area contributed by atoms with E-state index in [1.54, 1.807) is 19.1 Å². The van der Waals surface area contributed by atoms with Crippen LogP contribution in [0.5, 0.6) is 5.75 Å². The van der Waals surface area contributed by atoms with Gasteiger partial charge in [0.1, 0.15) is 5.75 Å². The predicted octanol–water partition coefficient (Wildman–Crippen LogP) is 1.97. The molecule has 3 N–H and O–H groups in total. The van der Waals surface area contributed by atoms with Gasteiger partial charge in [-0.15, -0.1) is 0 Å². The van der Waals surface area contributed by atoms with E-state index in [9.17, 15) is 9.90 Å². The zero-order valence-electron chi connectivity index (χ0n) is 10.1. The molecule has 1 aromatic carbocycles. The Kier molecular flexibility index (Phi) is 5.14. The first-order chi connectivity index (χ1) is 8.52. The zero-order chi connectivity index (χ0) is 13.5. The van der Waals surface area contributed by atoms with Crippen LogP contribution in [-0.4, -0.2) is 27.9 Å². The molecule has 0 saturated heterocycles. The number of aromatic hydroxyl groups is 1. The second-order valence-electron chi connectivity index (χ2n) is 3.97. The number of hydrogen-bond acceptors (Lipinski definition) is 3. The Balaban J connectivity index is 2.91. The minimum atomic E-state index is -1.01. The maximum Gasteiger partial charge on any atom is 0.328 e. The fourth-order valence-electron chi connectivity index (χ4n) is 1.39. The van der Waals surface area contributed by atoms with E-state index in [1.165, 1.54) is 12.1 Å². The van der Waals surface area contributed by atoms with E-state index in [0.29, 0.717) is 17.5 Å². The summed E-state index contributed by atoms with van der Waals surface area (Å²) in [5.74, 6) is -0.856. The summed E-state index contributed by atoms with van der Waals surface area (Å²) in [7, 11) is 0. The Hall–Kier alpha value is -2.07. The van der Waals surface area contributed by atoms with Gasteiger partial charge in [0.25, 0.3) is 0 Å². The lowest BCUT2D eigenvalue weighted by Crippen LogP contribution is -1.90. The number of aliphatic hydroxyl groups excluding tert-OH is 1. The first-order valence-electron chi connectivity index (χ1n) is 5.52. The van der Waals surface area contributed by atoms with Crippen molar-refractivity contribution in [2.75, 3.05) is 6.61 Å². The Morgan fingerprint density at radius 3 is 2.72 bits per heavy atom. The number of benzene rings is 1. The van der Waals surface area contributed by atoms with Crippen molar-refractivity contribution in [2.24, 2.45) is 0 Å². The molecule has 18 heavy (non-hydrogen) atoms. The van der Waals surface area contributed by atoms with E-state index in [0.717, 1.165) is 11.6 Å². The number of carbonyl (C=O) groups is 1. The van der Waals surface area contributed by atoms with Crippen LogP contribution in [0, 0.1) is 0 Å². The van der Waals surface area contributed by atoms with Gasteiger partial charge in [0.05, 0.1) is 6.61 Å². The van der Waals surface area contributed by atoms with Gasteiger partial charge < -0.3 is 15.3 Å². The molecule has 0 aromatic heterocycles. The number of aliphatic carboxylic acids is 1. The lowest BCUT2D eigenvalue weighted by molar-refractivity contribution is -0.131. The SMILES string of the molecule is C/C(=C\Cc1cc(/C=C\C(=O)O)ccc1O)CO. The predicted molar refractivity (Wildman–Crippen MR) is 69.3 cm³/mol. The Labute approximate surface area is 106 Å². The van der Waals surface area contributed by atoms with Crippen molar-refractivity contribution in [3.8, 4) is 5.75 Å². The highest BCUT2D eigenvalue weighted by molar-refractivity contribution is 5.85. The highest BCUT2D eigenvalue weighted by Crippen LogP contribution is 2.20. The molecule has 0 aliphatic rings. The van der Waals surface area contributed by atoms with Crippen LogP contribution >= 0.6 is 0 Å². The number of carboxylic acids is 1. The van der Waals surface area contributed by atoms with Gasteiger partial charge in [0, 0.05) is 6.08 Å². The quantitative estimate of drug-likeness (QED) is 0.550. The van der Waals surface area contributed by atoms with Crippen molar-refractivity contribution >= 4 is 12.0 Å². The summed E-state index contributed by atoms with van der Waals surface area (Å²) in [4.78, 5) is 10.4. The van der Waals surface area contributed by atoms with E-state index in [4.69, 9.17) is 10.2 Å². The van der Waals surface area contributed by atoms with Crippen molar-refractivity contribution in [3.05, 3.63) is 47.1 Å². The fraction of sp³-hybridized carbons (Fsp3) is 0.214. The van der Waals surface area contributed by atoms with Crippen LogP contribution in [0.15, 0.2) is 35.9 Å². The Bertz CT molecular complexity index is 487. The van der Waals surface area contributed by atoms with Crippen molar-refractivity contribution in [3.63, 3.8) is 0 Å². The second kappa shape index (κ2) is 6.61. The zero-order valence-corrected chi connectivity index (χ0v) is 10.1. The van der Waals surface area contributed by atoms with Gasteiger partial charge in [-0.1, -0.05) is 17.7 Å². The molecule has 0 saturated carbocycles. The molecule has 1 rings (SSSR count). The standard InChI is InChI=1S/C14H16O4/c1-10(9-15)2-5-12-8-11(3-6-13(12)16)4-7-14(17)18/h2-4,6-8,15-16H,5,9H2,1H3,(H,17,18)/b7-4-,10-2+. The molecule has 96 valence electrons. The average Bonchev–Trinajstić information content (AvgIpc) is 2.35. The van der Waals surface area contributed by atoms with E-state index in [-0.39, 0.29) is 12.4 Å². The summed E-state index contributed by atoms with van der Waals surface area (Å²) >= 11 is 0. The smallest absolute Gasteiger partial charge is 0.328 e. The summed E-state index contributed by atoms with van der Waals surface area (Å²) in [5, 5.41) is 27.1. The molecule has 1 aromatic rings. The van der Waals surface area contributed by atoms with Crippen LogP contribution in [0.1, 0.15) is 18.1 Å². The Morgan fingerprint density at radius 2 is 2.11 bits per heavy atom. The normalized spacial score (nSPS) is 12.0. The monoisotopic (exact) mass is 248 g/mol. The van der Waals surface area contributed by atoms with Crippen LogP contribution in [0.25, 0.3) is 6.08 Å². The molecular formula is C14H16O4. The number of hydrogen-bond donors (Lipinski definition) is 3. The highest BCUT2D eigenvalue weighted by atomic mass is 16.4. The summed E-state index contributed by atoms with van der Waals surface area (Å²) in [5.41, 5.74) is 2.22. The number of rotatable bonds is 5. The van der Waals surface area contributed by atoms with Crippen LogP contribution < -0.4 is 0 Å². The molecule has 0 atom stereocenters. The van der Waals surface area contributed by atoms with Crippen LogP contribution in [0.4, 0.5) is 0 Å². The molecule has 4 nitrogen and oxygen atoms in total. The average molecular weight is 248 g/mol. The first-order valence-corrected chi connectivity index (χ1v) is 5.52. The molecule has 0 radical (unpaired) electrons. The van der Waals surface area contributed by atoms with Gasteiger partial charge in [0.2, 0.25) is 0 Å². The van der Waals surface area contributed by atoms with Gasteiger partial charge >= 0.3 is 5.97 Å². The minimum absolute atomic E-state index is 0.0145. The number of aliphatic hydroxyl groups is 1. The molecule has 0 aliphatic carbocycles. The lowest BCUT2D eigenvalue weighted by atomic mass is 10.0. The van der Waals surface area contributed by atoms with Gasteiger partial charge in [-0.3, -0.25) is 0 Å². The number of phenolic OH excluding ortho intramolecular Hbond substituents is 1. The maximum absolute atomic E-state index is 10.4. The Morgan fingerprint density at radius 1 is 1.39 bits per heavy atom. The molecule has 0 heterocycles. The number of allylic oxidation sites excluding steroid dienone is 1. The third-order valence-corrected chi connectivity index (χ3v) is 2.44. The van der Waals surface area contributed by atoms with Crippen LogP contribution in [0.2, 0.25) is 0 Å². The van der Waals surface area contributed by atoms with Gasteiger partial charge in [0.15, 0.2) is 0 Å². The molecule has 0 aliphatic heterocycles. The van der Waals surface area contributed by atoms with E-state index in [2.05, 4.69) is 0 Å². The second-order valence-corrected chi connectivity index (χ2v) is 3.97. The molecule has 0 amide bonds.